The van der Waals surface area contributed by atoms with E-state index >= 15 is 0 Å². The van der Waals surface area contributed by atoms with Crippen LogP contribution in [0.2, 0.25) is 0 Å². The number of hydrogen-bond acceptors (Lipinski definition) is 1. The molecular formula is C20H25FN2. The zero-order chi connectivity index (χ0) is 16.4. The Balaban J connectivity index is 1.78. The van der Waals surface area contributed by atoms with Crippen LogP contribution in [0.1, 0.15) is 25.8 Å². The van der Waals surface area contributed by atoms with Gasteiger partial charge in [0.05, 0.1) is 0 Å². The summed E-state index contributed by atoms with van der Waals surface area (Å²) in [6, 6.07) is 5.52. The number of aromatic amines is 1. The van der Waals surface area contributed by atoms with Crippen LogP contribution in [0.25, 0.3) is 10.9 Å². The molecule has 2 nitrogen and oxygen atoms in total. The molecular weight excluding hydrogens is 287 g/mol. The number of H-pyrrole nitrogens is 1. The molecule has 1 aliphatic rings. The van der Waals surface area contributed by atoms with E-state index in [9.17, 15) is 4.39 Å². The van der Waals surface area contributed by atoms with E-state index < -0.39 is 0 Å². The lowest BCUT2D eigenvalue weighted by molar-refractivity contribution is 0.220. The van der Waals surface area contributed by atoms with Gasteiger partial charge in [0.25, 0.3) is 0 Å². The minimum absolute atomic E-state index is 0.139. The molecule has 122 valence electrons. The maximum Gasteiger partial charge on any atom is 0.132 e. The number of halogens is 1. The maximum absolute atomic E-state index is 14.1. The second kappa shape index (κ2) is 6.71. The van der Waals surface area contributed by atoms with Gasteiger partial charge in [-0.25, -0.2) is 4.39 Å². The van der Waals surface area contributed by atoms with Crippen LogP contribution in [-0.4, -0.2) is 29.0 Å². The van der Waals surface area contributed by atoms with Crippen LogP contribution in [0.5, 0.6) is 0 Å². The van der Waals surface area contributed by atoms with Crippen molar-refractivity contribution in [3.8, 4) is 0 Å². The summed E-state index contributed by atoms with van der Waals surface area (Å²) >= 11 is 0. The van der Waals surface area contributed by atoms with E-state index in [0.29, 0.717) is 12.0 Å². The van der Waals surface area contributed by atoms with Crippen molar-refractivity contribution in [2.24, 2.45) is 5.92 Å². The van der Waals surface area contributed by atoms with E-state index in [1.807, 2.05) is 12.3 Å². The second-order valence-electron chi connectivity index (χ2n) is 6.54. The summed E-state index contributed by atoms with van der Waals surface area (Å²) in [6.45, 7) is 10.6. The van der Waals surface area contributed by atoms with Crippen molar-refractivity contribution in [3.05, 3.63) is 60.1 Å². The average molecular weight is 312 g/mol. The van der Waals surface area contributed by atoms with Crippen molar-refractivity contribution >= 4 is 10.9 Å². The molecule has 0 saturated heterocycles. The van der Waals surface area contributed by atoms with Crippen LogP contribution in [0.15, 0.2) is 48.7 Å². The fourth-order valence-corrected chi connectivity index (χ4v) is 3.46. The summed E-state index contributed by atoms with van der Waals surface area (Å²) in [4.78, 5) is 5.65. The van der Waals surface area contributed by atoms with Crippen LogP contribution in [0, 0.1) is 11.7 Å². The maximum atomic E-state index is 14.1. The van der Waals surface area contributed by atoms with Gasteiger partial charge >= 0.3 is 0 Å². The quantitative estimate of drug-likeness (QED) is 0.793. The minimum atomic E-state index is -0.139. The van der Waals surface area contributed by atoms with Crippen molar-refractivity contribution < 1.29 is 4.39 Å². The third-order valence-electron chi connectivity index (χ3n) is 4.82. The van der Waals surface area contributed by atoms with Gasteiger partial charge in [-0.1, -0.05) is 44.2 Å². The molecule has 1 aromatic carbocycles. The van der Waals surface area contributed by atoms with Crippen LogP contribution in [0.4, 0.5) is 4.39 Å². The van der Waals surface area contributed by atoms with E-state index in [-0.39, 0.29) is 5.82 Å². The van der Waals surface area contributed by atoms with Gasteiger partial charge < -0.3 is 4.98 Å². The van der Waals surface area contributed by atoms with Gasteiger partial charge in [0.2, 0.25) is 0 Å². The lowest BCUT2D eigenvalue weighted by atomic mass is 9.95. The molecule has 2 aromatic rings. The minimum Gasteiger partial charge on any atom is -0.361 e. The molecule has 0 bridgehead atoms. The van der Waals surface area contributed by atoms with E-state index in [0.717, 1.165) is 42.4 Å². The molecule has 0 amide bonds. The van der Waals surface area contributed by atoms with Gasteiger partial charge in [-0.3, -0.25) is 4.90 Å². The molecule has 2 heterocycles. The summed E-state index contributed by atoms with van der Waals surface area (Å²) in [5, 5.41) is 0.735. The van der Waals surface area contributed by atoms with Gasteiger partial charge in [0.1, 0.15) is 5.82 Å². The SMILES string of the molecule is C=C(CC)C1C=CC(C)CN1CCc1c[nH]c2cccc(F)c12. The average Bonchev–Trinajstić information content (AvgIpc) is 2.97. The smallest absolute Gasteiger partial charge is 0.132 e. The molecule has 23 heavy (non-hydrogen) atoms. The Kier molecular flexibility index (Phi) is 4.67. The number of nitrogens with zero attached hydrogens (tertiary/aromatic N) is 1. The second-order valence-corrected chi connectivity index (χ2v) is 6.54. The first-order valence-electron chi connectivity index (χ1n) is 8.44. The normalized spacial score (nSPS) is 21.9. The Hall–Kier alpha value is -1.87. The summed E-state index contributed by atoms with van der Waals surface area (Å²) in [6.07, 6.45) is 8.33. The molecule has 0 aliphatic carbocycles. The van der Waals surface area contributed by atoms with E-state index in [4.69, 9.17) is 0 Å². The lowest BCUT2D eigenvalue weighted by Gasteiger charge is -2.36. The number of rotatable bonds is 5. The van der Waals surface area contributed by atoms with Gasteiger partial charge in [-0.2, -0.15) is 0 Å². The highest BCUT2D eigenvalue weighted by Gasteiger charge is 2.23. The van der Waals surface area contributed by atoms with E-state index in [2.05, 4.69) is 42.5 Å². The van der Waals surface area contributed by atoms with Crippen LogP contribution in [0.3, 0.4) is 0 Å². The first-order valence-corrected chi connectivity index (χ1v) is 8.44. The van der Waals surface area contributed by atoms with Crippen LogP contribution < -0.4 is 0 Å². The molecule has 1 aliphatic heterocycles. The summed E-state index contributed by atoms with van der Waals surface area (Å²) in [5.41, 5.74) is 3.18. The molecule has 2 unspecified atom stereocenters. The Morgan fingerprint density at radius 1 is 1.39 bits per heavy atom. The molecule has 3 rings (SSSR count). The molecule has 2 atom stereocenters. The van der Waals surface area contributed by atoms with Crippen LogP contribution >= 0.6 is 0 Å². The van der Waals surface area contributed by atoms with Gasteiger partial charge in [-0.15, -0.1) is 0 Å². The molecule has 0 fully saturated rings. The summed E-state index contributed by atoms with van der Waals surface area (Å²) in [7, 11) is 0. The number of aromatic nitrogens is 1. The van der Waals surface area contributed by atoms with E-state index in [1.54, 1.807) is 6.07 Å². The first kappa shape index (κ1) is 16.0. The van der Waals surface area contributed by atoms with Crippen molar-refractivity contribution in [2.45, 2.75) is 32.7 Å². The Bertz CT molecular complexity index is 728. The molecule has 0 saturated carbocycles. The zero-order valence-corrected chi connectivity index (χ0v) is 14.0. The highest BCUT2D eigenvalue weighted by atomic mass is 19.1. The van der Waals surface area contributed by atoms with Crippen molar-refractivity contribution in [1.29, 1.82) is 0 Å². The molecule has 1 aromatic heterocycles. The molecule has 1 N–H and O–H groups in total. The largest absolute Gasteiger partial charge is 0.361 e. The Morgan fingerprint density at radius 3 is 3.00 bits per heavy atom. The van der Waals surface area contributed by atoms with Crippen molar-refractivity contribution in [1.82, 2.24) is 9.88 Å². The van der Waals surface area contributed by atoms with Crippen LogP contribution in [-0.2, 0) is 6.42 Å². The fraction of sp³-hybridized carbons (Fsp3) is 0.400. The van der Waals surface area contributed by atoms with Gasteiger partial charge in [0.15, 0.2) is 0 Å². The van der Waals surface area contributed by atoms with Gasteiger partial charge in [0, 0.05) is 36.2 Å². The van der Waals surface area contributed by atoms with Gasteiger partial charge in [-0.05, 0) is 36.5 Å². The third-order valence-corrected chi connectivity index (χ3v) is 4.82. The predicted molar refractivity (Wildman–Crippen MR) is 95.1 cm³/mol. The monoisotopic (exact) mass is 312 g/mol. The fourth-order valence-electron chi connectivity index (χ4n) is 3.46. The number of hydrogen-bond donors (Lipinski definition) is 1. The van der Waals surface area contributed by atoms with E-state index in [1.165, 1.54) is 11.6 Å². The molecule has 0 radical (unpaired) electrons. The topological polar surface area (TPSA) is 19.0 Å². The predicted octanol–water partition coefficient (Wildman–Crippen LogP) is 4.69. The molecule has 0 spiro atoms. The highest BCUT2D eigenvalue weighted by Crippen LogP contribution is 2.25. The summed E-state index contributed by atoms with van der Waals surface area (Å²) in [5.74, 6) is 0.413. The highest BCUT2D eigenvalue weighted by molar-refractivity contribution is 5.83. The Labute approximate surface area is 137 Å². The number of benzene rings is 1. The first-order chi connectivity index (χ1) is 11.1. The lowest BCUT2D eigenvalue weighted by Crippen LogP contribution is -2.41. The zero-order valence-electron chi connectivity index (χ0n) is 14.0. The summed E-state index contributed by atoms with van der Waals surface area (Å²) < 4.78 is 14.1. The Morgan fingerprint density at radius 2 is 2.22 bits per heavy atom. The van der Waals surface area contributed by atoms with Crippen molar-refractivity contribution in [3.63, 3.8) is 0 Å². The third kappa shape index (κ3) is 3.25. The molecule has 3 heteroatoms. The number of nitrogens with one attached hydrogen (secondary N) is 1. The number of fused-ring (bicyclic) bond motifs is 1. The standard InChI is InChI=1S/C20H25FN2/c1-4-15(3)19-9-8-14(2)13-23(19)11-10-16-12-22-18-7-5-6-17(21)20(16)18/h5-9,12,14,19,22H,3-4,10-11,13H2,1-2H3. The van der Waals surface area contributed by atoms with Crippen molar-refractivity contribution in [2.75, 3.05) is 13.1 Å².